The predicted octanol–water partition coefficient (Wildman–Crippen LogP) is 3.78. The number of carbonyl (C=O) groups excluding carboxylic acids is 1. The van der Waals surface area contributed by atoms with Crippen LogP contribution in [0.25, 0.3) is 0 Å². The highest BCUT2D eigenvalue weighted by atomic mass is 35.5. The second-order valence-corrected chi connectivity index (χ2v) is 5.57. The maximum absolute atomic E-state index is 11.8. The summed E-state index contributed by atoms with van der Waals surface area (Å²) >= 11 is 5.80. The van der Waals surface area contributed by atoms with Gasteiger partial charge in [-0.2, -0.15) is 0 Å². The zero-order valence-corrected chi connectivity index (χ0v) is 13.4. The van der Waals surface area contributed by atoms with Crippen molar-refractivity contribution in [3.8, 4) is 5.75 Å². The van der Waals surface area contributed by atoms with Crippen molar-refractivity contribution in [2.45, 2.75) is 19.8 Å². The molecule has 1 amide bonds. The van der Waals surface area contributed by atoms with Gasteiger partial charge >= 0.3 is 0 Å². The van der Waals surface area contributed by atoms with Crippen molar-refractivity contribution >= 4 is 17.5 Å². The van der Waals surface area contributed by atoms with Crippen LogP contribution < -0.4 is 10.1 Å². The van der Waals surface area contributed by atoms with Gasteiger partial charge in [0.2, 0.25) is 5.91 Å². The van der Waals surface area contributed by atoms with Crippen LogP contribution in [-0.2, 0) is 11.2 Å². The molecule has 2 rings (SSSR count). The normalized spacial score (nSPS) is 10.3. The Hall–Kier alpha value is -2.00. The van der Waals surface area contributed by atoms with E-state index in [1.807, 2.05) is 12.1 Å². The van der Waals surface area contributed by atoms with Crippen molar-refractivity contribution < 1.29 is 9.53 Å². The molecule has 1 N–H and O–H groups in total. The number of hydrogen-bond acceptors (Lipinski definition) is 2. The number of benzene rings is 2. The van der Waals surface area contributed by atoms with E-state index in [4.69, 9.17) is 16.3 Å². The van der Waals surface area contributed by atoms with Gasteiger partial charge in [-0.1, -0.05) is 41.4 Å². The molecule has 0 bridgehead atoms. The van der Waals surface area contributed by atoms with Gasteiger partial charge in [0.25, 0.3) is 0 Å². The number of nitrogens with one attached hydrogen (secondary N) is 1. The van der Waals surface area contributed by atoms with E-state index < -0.39 is 0 Å². The maximum Gasteiger partial charge on any atom is 0.220 e. The lowest BCUT2D eigenvalue weighted by Gasteiger charge is -2.08. The Balaban J connectivity index is 1.61. The summed E-state index contributed by atoms with van der Waals surface area (Å²) in [5, 5.41) is 3.53. The molecule has 22 heavy (non-hydrogen) atoms. The monoisotopic (exact) mass is 317 g/mol. The van der Waals surface area contributed by atoms with Gasteiger partial charge in [-0.25, -0.2) is 0 Å². The Kier molecular flexibility index (Phi) is 6.28. The van der Waals surface area contributed by atoms with E-state index in [0.29, 0.717) is 24.6 Å². The van der Waals surface area contributed by atoms with Crippen LogP contribution in [0.1, 0.15) is 17.5 Å². The van der Waals surface area contributed by atoms with Crippen LogP contribution >= 0.6 is 11.6 Å². The second-order valence-electron chi connectivity index (χ2n) is 5.14. The summed E-state index contributed by atoms with van der Waals surface area (Å²) in [6, 6.07) is 15.4. The SMILES string of the molecule is Cc1ccc(CCC(=O)NCCOc2ccc(Cl)cc2)cc1. The number of hydrogen-bond donors (Lipinski definition) is 1. The Bertz CT molecular complexity index is 593. The lowest BCUT2D eigenvalue weighted by molar-refractivity contribution is -0.121. The summed E-state index contributed by atoms with van der Waals surface area (Å²) in [7, 11) is 0. The number of halogens is 1. The quantitative estimate of drug-likeness (QED) is 0.789. The topological polar surface area (TPSA) is 38.3 Å². The Morgan fingerprint density at radius 2 is 1.77 bits per heavy atom. The summed E-state index contributed by atoms with van der Waals surface area (Å²) in [5.41, 5.74) is 2.41. The molecule has 2 aromatic rings. The fourth-order valence-corrected chi connectivity index (χ4v) is 2.12. The minimum atomic E-state index is 0.0419. The first-order valence-electron chi connectivity index (χ1n) is 7.34. The van der Waals surface area contributed by atoms with E-state index in [0.717, 1.165) is 12.2 Å². The fourth-order valence-electron chi connectivity index (χ4n) is 1.99. The molecule has 0 atom stereocenters. The minimum Gasteiger partial charge on any atom is -0.492 e. The first-order chi connectivity index (χ1) is 10.6. The highest BCUT2D eigenvalue weighted by Crippen LogP contribution is 2.15. The van der Waals surface area contributed by atoms with Crippen molar-refractivity contribution in [1.82, 2.24) is 5.32 Å². The fraction of sp³-hybridized carbons (Fsp3) is 0.278. The zero-order valence-electron chi connectivity index (χ0n) is 12.6. The molecule has 0 aromatic heterocycles. The Labute approximate surface area is 136 Å². The van der Waals surface area contributed by atoms with Crippen molar-refractivity contribution in [3.63, 3.8) is 0 Å². The smallest absolute Gasteiger partial charge is 0.220 e. The molecule has 0 spiro atoms. The van der Waals surface area contributed by atoms with Gasteiger partial charge in [0.15, 0.2) is 0 Å². The molecule has 116 valence electrons. The number of amides is 1. The van der Waals surface area contributed by atoms with Crippen molar-refractivity contribution in [3.05, 3.63) is 64.7 Å². The maximum atomic E-state index is 11.8. The molecule has 0 aliphatic rings. The van der Waals surface area contributed by atoms with Crippen LogP contribution in [0.4, 0.5) is 0 Å². The molecule has 4 heteroatoms. The van der Waals surface area contributed by atoms with Crippen LogP contribution in [0.3, 0.4) is 0 Å². The van der Waals surface area contributed by atoms with Crippen LogP contribution in [0, 0.1) is 6.92 Å². The summed E-state index contributed by atoms with van der Waals surface area (Å²) < 4.78 is 5.51. The molecule has 0 saturated carbocycles. The largest absolute Gasteiger partial charge is 0.492 e. The first kappa shape index (κ1) is 16.4. The van der Waals surface area contributed by atoms with E-state index in [9.17, 15) is 4.79 Å². The standard InChI is InChI=1S/C18H20ClNO2/c1-14-2-4-15(5-3-14)6-11-18(21)20-12-13-22-17-9-7-16(19)8-10-17/h2-5,7-10H,6,11-13H2,1H3,(H,20,21). The third-order valence-electron chi connectivity index (χ3n) is 3.27. The minimum absolute atomic E-state index is 0.0419. The van der Waals surface area contributed by atoms with Crippen LogP contribution in [0.2, 0.25) is 5.02 Å². The number of carbonyl (C=O) groups is 1. The number of ether oxygens (including phenoxy) is 1. The van der Waals surface area contributed by atoms with Gasteiger partial charge in [0, 0.05) is 11.4 Å². The highest BCUT2D eigenvalue weighted by molar-refractivity contribution is 6.30. The van der Waals surface area contributed by atoms with Crippen molar-refractivity contribution in [1.29, 1.82) is 0 Å². The van der Waals surface area contributed by atoms with Crippen molar-refractivity contribution in [2.75, 3.05) is 13.2 Å². The van der Waals surface area contributed by atoms with Crippen LogP contribution in [0.15, 0.2) is 48.5 Å². The molecule has 0 radical (unpaired) electrons. The third-order valence-corrected chi connectivity index (χ3v) is 3.52. The van der Waals surface area contributed by atoms with Gasteiger partial charge in [0.1, 0.15) is 12.4 Å². The second kappa shape index (κ2) is 8.44. The number of aryl methyl sites for hydroxylation is 2. The first-order valence-corrected chi connectivity index (χ1v) is 7.72. The van der Waals surface area contributed by atoms with Gasteiger partial charge < -0.3 is 10.1 Å². The summed E-state index contributed by atoms with van der Waals surface area (Å²) in [4.78, 5) is 11.8. The number of rotatable bonds is 7. The molecule has 0 heterocycles. The van der Waals surface area contributed by atoms with E-state index in [1.54, 1.807) is 12.1 Å². The average Bonchev–Trinajstić information content (AvgIpc) is 2.53. The predicted molar refractivity (Wildman–Crippen MR) is 89.5 cm³/mol. The van der Waals surface area contributed by atoms with Gasteiger partial charge in [-0.15, -0.1) is 0 Å². The zero-order chi connectivity index (χ0) is 15.8. The molecule has 0 unspecified atom stereocenters. The molecule has 2 aromatic carbocycles. The Morgan fingerprint density at radius 3 is 2.45 bits per heavy atom. The van der Waals surface area contributed by atoms with E-state index in [2.05, 4.69) is 36.5 Å². The van der Waals surface area contributed by atoms with Crippen LogP contribution in [0.5, 0.6) is 5.75 Å². The molecule has 0 aliphatic heterocycles. The summed E-state index contributed by atoms with van der Waals surface area (Å²) in [6.07, 6.45) is 1.24. The summed E-state index contributed by atoms with van der Waals surface area (Å²) in [5.74, 6) is 0.790. The third kappa shape index (κ3) is 5.78. The Morgan fingerprint density at radius 1 is 1.09 bits per heavy atom. The van der Waals surface area contributed by atoms with E-state index >= 15 is 0 Å². The molecule has 0 saturated heterocycles. The average molecular weight is 318 g/mol. The van der Waals surface area contributed by atoms with Crippen LogP contribution in [-0.4, -0.2) is 19.1 Å². The molecular formula is C18H20ClNO2. The molecule has 0 aliphatic carbocycles. The van der Waals surface area contributed by atoms with E-state index in [1.165, 1.54) is 11.1 Å². The molecule has 3 nitrogen and oxygen atoms in total. The highest BCUT2D eigenvalue weighted by Gasteiger charge is 2.02. The van der Waals surface area contributed by atoms with Gasteiger partial charge in [-0.3, -0.25) is 4.79 Å². The summed E-state index contributed by atoms with van der Waals surface area (Å²) in [6.45, 7) is 2.99. The van der Waals surface area contributed by atoms with Gasteiger partial charge in [0.05, 0.1) is 6.54 Å². The van der Waals surface area contributed by atoms with Gasteiger partial charge in [-0.05, 0) is 43.2 Å². The lowest BCUT2D eigenvalue weighted by Crippen LogP contribution is -2.28. The van der Waals surface area contributed by atoms with E-state index in [-0.39, 0.29) is 5.91 Å². The van der Waals surface area contributed by atoms with Crippen molar-refractivity contribution in [2.24, 2.45) is 0 Å². The molecular weight excluding hydrogens is 298 g/mol. The molecule has 0 fully saturated rings. The lowest BCUT2D eigenvalue weighted by atomic mass is 10.1.